The molecule has 0 aromatic heterocycles. The number of carbonyl (C=O) groups excluding carboxylic acids is 4. The molecule has 14 rings (SSSR count). The van der Waals surface area contributed by atoms with Gasteiger partial charge in [0, 0.05) is 57.5 Å². The number of anilines is 4. The zero-order valence-corrected chi connectivity index (χ0v) is 56.6. The molecule has 2 aliphatic rings. The summed E-state index contributed by atoms with van der Waals surface area (Å²) in [6.07, 6.45) is 0. The monoisotopic (exact) mass is 1250 g/mol. The largest absolute Gasteiger partial charge is 0.380 e. The van der Waals surface area contributed by atoms with Crippen molar-refractivity contribution in [2.75, 3.05) is 20.4 Å². The Balaban J connectivity index is 0.922. The third-order valence-electron chi connectivity index (χ3n) is 19.0. The Labute approximate surface area is 562 Å². The number of hydrogen-bond acceptors (Lipinski definition) is 6. The van der Waals surface area contributed by atoms with Crippen molar-refractivity contribution in [2.45, 2.75) is 118 Å². The Morgan fingerprint density at radius 1 is 0.323 bits per heavy atom. The Morgan fingerprint density at radius 2 is 0.615 bits per heavy atom. The number of hydrogen-bond donors (Lipinski definition) is 2. The fraction of sp³-hybridized carbons (Fsp3) is 0.205. The molecule has 12 aromatic carbocycles. The van der Waals surface area contributed by atoms with E-state index in [9.17, 15) is 0 Å². The molecule has 4 amide bonds. The van der Waals surface area contributed by atoms with E-state index in [4.69, 9.17) is 0 Å². The molecule has 96 heavy (non-hydrogen) atoms. The first-order valence-electron chi connectivity index (χ1n) is 33.0. The van der Waals surface area contributed by atoms with Crippen LogP contribution in [-0.4, -0.2) is 23.6 Å². The SMILES string of the molecule is CC(C)(C)c1cc(CNc2cc3c4c(c(NCc5cc(C(C)(C)C)cc(C(C)(C)C)c5)cc5c4c2C(=O)N(c2ccc(C#Cc4c6ccccc6cc6ccccc46)cc2)C5=O)C(=O)N(c2ccc(C#Cc4c5ccccc5cc5ccccc45)cc2)C3=O)cc(C(C)(C)C)c1. The molecule has 0 saturated heterocycles. The fourth-order valence-corrected chi connectivity index (χ4v) is 13.5. The summed E-state index contributed by atoms with van der Waals surface area (Å²) in [5.41, 5.74) is 11.1. The van der Waals surface area contributed by atoms with Gasteiger partial charge in [-0.2, -0.15) is 0 Å². The van der Waals surface area contributed by atoms with Crippen LogP contribution >= 0.6 is 0 Å². The van der Waals surface area contributed by atoms with Crippen LogP contribution in [-0.2, 0) is 34.7 Å². The van der Waals surface area contributed by atoms with Gasteiger partial charge in [-0.25, -0.2) is 9.80 Å². The van der Waals surface area contributed by atoms with Gasteiger partial charge in [0.25, 0.3) is 23.6 Å². The summed E-state index contributed by atoms with van der Waals surface area (Å²) in [6, 6.07) is 68.4. The highest BCUT2D eigenvalue weighted by molar-refractivity contribution is 6.44. The van der Waals surface area contributed by atoms with Crippen LogP contribution in [0.2, 0.25) is 0 Å². The summed E-state index contributed by atoms with van der Waals surface area (Å²) in [5.74, 6) is 11.4. The van der Waals surface area contributed by atoms with Gasteiger partial charge >= 0.3 is 0 Å². The van der Waals surface area contributed by atoms with Crippen molar-refractivity contribution in [1.29, 1.82) is 0 Å². The van der Waals surface area contributed by atoms with Gasteiger partial charge in [0.15, 0.2) is 0 Å². The molecule has 0 bridgehead atoms. The smallest absolute Gasteiger partial charge is 0.268 e. The van der Waals surface area contributed by atoms with Crippen LogP contribution in [0.25, 0.3) is 53.9 Å². The van der Waals surface area contributed by atoms with E-state index in [0.29, 0.717) is 33.9 Å². The average molecular weight is 1250 g/mol. The van der Waals surface area contributed by atoms with E-state index >= 15 is 19.2 Å². The molecule has 0 fully saturated rings. The summed E-state index contributed by atoms with van der Waals surface area (Å²) < 4.78 is 0. The highest BCUT2D eigenvalue weighted by atomic mass is 16.2. The standard InChI is InChI=1S/C88H76N4O4/c1-85(2,3)61-41-55(42-62(47-61)86(4,5)6)51-89-75-49-73-78-77-74(82(94)91(83(95)79(75)77)65-35-29-53(30-36-65)33-39-71-67-25-17-13-21-57(67)45-58-22-14-18-26-68(58)71)50-76(90-52-56-43-63(87(7,8)9)48-64(44-56)88(10,11)12)80(78)84(96)92(81(73)93)66-37-31-54(32-38-66)34-40-72-69-27-19-15-23-59(69)46-60-24-16-20-28-70(60)72/h13-32,35-38,41-50,89-90H,51-52H2,1-12H3. The molecule has 0 aliphatic carbocycles. The minimum Gasteiger partial charge on any atom is -0.380 e. The van der Waals surface area contributed by atoms with E-state index < -0.39 is 23.6 Å². The molecule has 2 N–H and O–H groups in total. The molecule has 12 aromatic rings. The van der Waals surface area contributed by atoms with Crippen LogP contribution in [0.3, 0.4) is 0 Å². The van der Waals surface area contributed by atoms with Gasteiger partial charge in [0.05, 0.1) is 33.6 Å². The summed E-state index contributed by atoms with van der Waals surface area (Å²) >= 11 is 0. The lowest BCUT2D eigenvalue weighted by Crippen LogP contribution is -2.44. The van der Waals surface area contributed by atoms with E-state index in [1.807, 2.05) is 72.8 Å². The van der Waals surface area contributed by atoms with Gasteiger partial charge in [-0.15, -0.1) is 0 Å². The Bertz CT molecular complexity index is 4920. The van der Waals surface area contributed by atoms with E-state index in [2.05, 4.69) is 214 Å². The van der Waals surface area contributed by atoms with Crippen LogP contribution in [0, 0.1) is 23.7 Å². The molecular formula is C88H76N4O4. The van der Waals surface area contributed by atoms with Gasteiger partial charge in [-0.1, -0.05) is 240 Å². The summed E-state index contributed by atoms with van der Waals surface area (Å²) in [4.78, 5) is 66.2. The Morgan fingerprint density at radius 3 is 0.906 bits per heavy atom. The summed E-state index contributed by atoms with van der Waals surface area (Å²) in [6.45, 7) is 26.9. The van der Waals surface area contributed by atoms with Crippen molar-refractivity contribution < 1.29 is 19.2 Å². The molecule has 0 atom stereocenters. The highest BCUT2D eigenvalue weighted by Gasteiger charge is 2.44. The summed E-state index contributed by atoms with van der Waals surface area (Å²) in [5, 5.41) is 16.4. The van der Waals surface area contributed by atoms with Crippen molar-refractivity contribution in [1.82, 2.24) is 0 Å². The van der Waals surface area contributed by atoms with Crippen molar-refractivity contribution >= 4 is 100 Å². The second-order valence-corrected chi connectivity index (χ2v) is 29.9. The topological polar surface area (TPSA) is 98.8 Å². The van der Waals surface area contributed by atoms with Gasteiger partial charge in [0.2, 0.25) is 0 Å². The Hall–Kier alpha value is -11.1. The van der Waals surface area contributed by atoms with E-state index in [1.165, 1.54) is 9.80 Å². The number of imide groups is 2. The predicted octanol–water partition coefficient (Wildman–Crippen LogP) is 20.3. The maximum atomic E-state index is 16.0. The lowest BCUT2D eigenvalue weighted by Gasteiger charge is -2.34. The van der Waals surface area contributed by atoms with Crippen LogP contribution in [0.15, 0.2) is 206 Å². The molecule has 0 saturated carbocycles. The van der Waals surface area contributed by atoms with Gasteiger partial charge in [-0.05, 0) is 171 Å². The number of carbonyl (C=O) groups is 4. The van der Waals surface area contributed by atoms with Crippen molar-refractivity contribution in [3.63, 3.8) is 0 Å². The van der Waals surface area contributed by atoms with Gasteiger partial charge < -0.3 is 10.6 Å². The number of nitrogens with one attached hydrogen (secondary N) is 2. The molecule has 2 aliphatic heterocycles. The number of nitrogens with zero attached hydrogens (tertiary/aromatic N) is 2. The van der Waals surface area contributed by atoms with Gasteiger partial charge in [-0.3, -0.25) is 19.2 Å². The van der Waals surface area contributed by atoms with Crippen molar-refractivity contribution in [2.24, 2.45) is 0 Å². The number of benzene rings is 12. The molecule has 8 heteroatoms. The van der Waals surface area contributed by atoms with E-state index in [-0.39, 0.29) is 67.8 Å². The predicted molar refractivity (Wildman–Crippen MR) is 396 cm³/mol. The first-order valence-corrected chi connectivity index (χ1v) is 33.0. The van der Waals surface area contributed by atoms with Crippen molar-refractivity contribution in [3.8, 4) is 23.7 Å². The van der Waals surface area contributed by atoms with Crippen LogP contribution in [0.5, 0.6) is 0 Å². The molecule has 472 valence electrons. The van der Waals surface area contributed by atoms with Crippen LogP contribution in [0.4, 0.5) is 22.7 Å². The lowest BCUT2D eigenvalue weighted by molar-refractivity contribution is 0.0873. The van der Waals surface area contributed by atoms with E-state index in [0.717, 1.165) is 87.6 Å². The molecule has 0 radical (unpaired) electrons. The highest BCUT2D eigenvalue weighted by Crippen LogP contribution is 2.47. The maximum Gasteiger partial charge on any atom is 0.268 e. The van der Waals surface area contributed by atoms with Crippen molar-refractivity contribution in [3.05, 3.63) is 284 Å². The maximum absolute atomic E-state index is 16.0. The number of fused-ring (bicyclic) bond motifs is 4. The zero-order chi connectivity index (χ0) is 67.3. The summed E-state index contributed by atoms with van der Waals surface area (Å²) in [7, 11) is 0. The fourth-order valence-electron chi connectivity index (χ4n) is 13.5. The minimum absolute atomic E-state index is 0.168. The first-order chi connectivity index (χ1) is 45.8. The first kappa shape index (κ1) is 62.4. The molecule has 0 unspecified atom stereocenters. The second-order valence-electron chi connectivity index (χ2n) is 29.9. The van der Waals surface area contributed by atoms with Gasteiger partial charge in [0.1, 0.15) is 0 Å². The lowest BCUT2D eigenvalue weighted by atomic mass is 9.79. The third kappa shape index (κ3) is 11.4. The Kier molecular flexibility index (Phi) is 15.2. The second kappa shape index (κ2) is 23.4. The zero-order valence-electron chi connectivity index (χ0n) is 56.6. The third-order valence-corrected chi connectivity index (χ3v) is 19.0. The average Bonchev–Trinajstić information content (AvgIpc) is 0.694. The molecular weight excluding hydrogens is 1180 g/mol. The normalized spacial score (nSPS) is 13.4. The molecule has 2 heterocycles. The quantitative estimate of drug-likeness (QED) is 0.0893. The van der Waals surface area contributed by atoms with Crippen LogP contribution in [0.1, 0.15) is 180 Å². The number of amides is 4. The molecule has 0 spiro atoms. The van der Waals surface area contributed by atoms with E-state index in [1.54, 1.807) is 36.4 Å². The minimum atomic E-state index is -0.600. The number of rotatable bonds is 8. The molecule has 8 nitrogen and oxygen atoms in total. The van der Waals surface area contributed by atoms with Crippen LogP contribution < -0.4 is 20.4 Å².